The zero-order chi connectivity index (χ0) is 16.4. The Morgan fingerprint density at radius 2 is 1.48 bits per heavy atom. The molecule has 0 amide bonds. The fourth-order valence-electron chi connectivity index (χ4n) is 3.30. The van der Waals surface area contributed by atoms with E-state index in [0.29, 0.717) is 12.0 Å². The highest BCUT2D eigenvalue weighted by Crippen LogP contribution is 2.42. The summed E-state index contributed by atoms with van der Waals surface area (Å²) < 4.78 is 39.9. The normalized spacial score (nSPS) is 25.3. The van der Waals surface area contributed by atoms with Crippen LogP contribution >= 0.6 is 0 Å². The number of benzene rings is 2. The Labute approximate surface area is 134 Å². The maximum Gasteiger partial charge on any atom is 0.393 e. The zero-order valence-corrected chi connectivity index (χ0v) is 13.0. The fourth-order valence-corrected chi connectivity index (χ4v) is 3.30. The molecule has 1 aliphatic rings. The van der Waals surface area contributed by atoms with E-state index >= 15 is 0 Å². The molecule has 2 aromatic carbocycles. The molecule has 0 bridgehead atoms. The average Bonchev–Trinajstić information content (AvgIpc) is 2.55. The largest absolute Gasteiger partial charge is 0.393 e. The molecule has 0 aliphatic carbocycles. The zero-order valence-electron chi connectivity index (χ0n) is 13.0. The van der Waals surface area contributed by atoms with Crippen molar-refractivity contribution in [2.24, 2.45) is 5.92 Å². The molecule has 3 atom stereocenters. The molecule has 1 saturated heterocycles. The quantitative estimate of drug-likeness (QED) is 0.787. The van der Waals surface area contributed by atoms with Gasteiger partial charge in [0.1, 0.15) is 0 Å². The van der Waals surface area contributed by atoms with Gasteiger partial charge in [0.05, 0.1) is 5.92 Å². The van der Waals surface area contributed by atoms with Crippen molar-refractivity contribution >= 4 is 0 Å². The van der Waals surface area contributed by atoms with Crippen LogP contribution in [-0.2, 0) is 0 Å². The smallest absolute Gasteiger partial charge is 0.307 e. The summed E-state index contributed by atoms with van der Waals surface area (Å²) >= 11 is 0. The van der Waals surface area contributed by atoms with Gasteiger partial charge in [-0.05, 0) is 36.5 Å². The maximum absolute atomic E-state index is 13.3. The van der Waals surface area contributed by atoms with E-state index in [4.69, 9.17) is 0 Å². The summed E-state index contributed by atoms with van der Waals surface area (Å²) in [5.74, 6) is -1.32. The van der Waals surface area contributed by atoms with E-state index in [0.717, 1.165) is 11.1 Å². The molecule has 4 heteroatoms. The van der Waals surface area contributed by atoms with Crippen molar-refractivity contribution < 1.29 is 13.2 Å². The van der Waals surface area contributed by atoms with Crippen LogP contribution in [0.5, 0.6) is 0 Å². The molecular weight excluding hydrogens is 299 g/mol. The summed E-state index contributed by atoms with van der Waals surface area (Å²) in [5, 5.41) is 3.13. The van der Waals surface area contributed by atoms with Gasteiger partial charge in [0.25, 0.3) is 0 Å². The first kappa shape index (κ1) is 16.1. The lowest BCUT2D eigenvalue weighted by Gasteiger charge is -2.37. The number of hydrogen-bond acceptors (Lipinski definition) is 1. The van der Waals surface area contributed by atoms with Gasteiger partial charge in [0, 0.05) is 12.1 Å². The molecule has 0 radical (unpaired) electrons. The van der Waals surface area contributed by atoms with Crippen LogP contribution < -0.4 is 5.32 Å². The third-order valence-corrected chi connectivity index (χ3v) is 4.57. The molecule has 1 nitrogen and oxygen atoms in total. The molecule has 122 valence electrons. The molecule has 1 fully saturated rings. The standard InChI is InChI=1S/C19H20F3N/c1-13-7-12-17(19(20,21)22)18(23-13)16-10-8-15(9-11-16)14-5-3-2-4-6-14/h2-6,8-11,13,17-18,23H,7,12H2,1H3/t13-,17+,18+/m1/s1. The second kappa shape index (κ2) is 6.36. The third-order valence-electron chi connectivity index (χ3n) is 4.57. The Morgan fingerprint density at radius 1 is 0.870 bits per heavy atom. The number of nitrogens with one attached hydrogen (secondary N) is 1. The topological polar surface area (TPSA) is 12.0 Å². The molecule has 1 heterocycles. The van der Waals surface area contributed by atoms with Gasteiger partial charge < -0.3 is 5.32 Å². The third kappa shape index (κ3) is 3.58. The predicted molar refractivity (Wildman–Crippen MR) is 86.0 cm³/mol. The highest BCUT2D eigenvalue weighted by atomic mass is 19.4. The summed E-state index contributed by atoms with van der Waals surface area (Å²) in [7, 11) is 0. The molecule has 0 saturated carbocycles. The summed E-state index contributed by atoms with van der Waals surface area (Å²) in [6.07, 6.45) is -3.43. The summed E-state index contributed by atoms with van der Waals surface area (Å²) in [6, 6.07) is 16.7. The van der Waals surface area contributed by atoms with E-state index in [1.54, 1.807) is 0 Å². The van der Waals surface area contributed by atoms with Gasteiger partial charge in [0.15, 0.2) is 0 Å². The number of rotatable bonds is 2. The van der Waals surface area contributed by atoms with Crippen molar-refractivity contribution in [3.63, 3.8) is 0 Å². The maximum atomic E-state index is 13.3. The van der Waals surface area contributed by atoms with Gasteiger partial charge in [-0.2, -0.15) is 13.2 Å². The van der Waals surface area contributed by atoms with Gasteiger partial charge in [-0.1, -0.05) is 54.6 Å². The van der Waals surface area contributed by atoms with Crippen LogP contribution in [0.15, 0.2) is 54.6 Å². The number of hydrogen-bond donors (Lipinski definition) is 1. The van der Waals surface area contributed by atoms with Crippen LogP contribution in [0.4, 0.5) is 13.2 Å². The van der Waals surface area contributed by atoms with Crippen LogP contribution in [-0.4, -0.2) is 12.2 Å². The van der Waals surface area contributed by atoms with Crippen LogP contribution in [0.3, 0.4) is 0 Å². The summed E-state index contributed by atoms with van der Waals surface area (Å²) in [4.78, 5) is 0. The molecule has 1 N–H and O–H groups in total. The Bertz CT molecular complexity index is 634. The Hall–Kier alpha value is -1.81. The molecule has 0 spiro atoms. The van der Waals surface area contributed by atoms with Gasteiger partial charge in [-0.15, -0.1) is 0 Å². The van der Waals surface area contributed by atoms with Crippen LogP contribution in [0.25, 0.3) is 11.1 Å². The van der Waals surface area contributed by atoms with Crippen LogP contribution in [0, 0.1) is 5.92 Å². The highest BCUT2D eigenvalue weighted by molar-refractivity contribution is 5.63. The van der Waals surface area contributed by atoms with E-state index in [1.165, 1.54) is 0 Å². The molecule has 2 aromatic rings. The van der Waals surface area contributed by atoms with Crippen molar-refractivity contribution in [2.75, 3.05) is 0 Å². The van der Waals surface area contributed by atoms with Gasteiger partial charge in [-0.25, -0.2) is 0 Å². The second-order valence-electron chi connectivity index (χ2n) is 6.26. The number of halogens is 3. The second-order valence-corrected chi connectivity index (χ2v) is 6.26. The Kier molecular flexibility index (Phi) is 4.44. The van der Waals surface area contributed by atoms with Gasteiger partial charge >= 0.3 is 6.18 Å². The lowest BCUT2D eigenvalue weighted by Crippen LogP contribution is -2.45. The Balaban J connectivity index is 1.87. The lowest BCUT2D eigenvalue weighted by atomic mass is 9.83. The minimum atomic E-state index is -4.17. The SMILES string of the molecule is C[C@@H]1CC[C@H](C(F)(F)F)[C@H](c2ccc(-c3ccccc3)cc2)N1. The van der Waals surface area contributed by atoms with Crippen molar-refractivity contribution in [1.82, 2.24) is 5.32 Å². The van der Waals surface area contributed by atoms with Crippen LogP contribution in [0.1, 0.15) is 31.4 Å². The minimum Gasteiger partial charge on any atom is -0.307 e. The van der Waals surface area contributed by atoms with Crippen molar-refractivity contribution in [1.29, 1.82) is 0 Å². The first-order chi connectivity index (χ1) is 10.9. The van der Waals surface area contributed by atoms with E-state index in [9.17, 15) is 13.2 Å². The summed E-state index contributed by atoms with van der Waals surface area (Å²) in [5.41, 5.74) is 2.79. The number of piperidine rings is 1. The molecule has 3 rings (SSSR count). The molecule has 23 heavy (non-hydrogen) atoms. The fraction of sp³-hybridized carbons (Fsp3) is 0.368. The summed E-state index contributed by atoms with van der Waals surface area (Å²) in [6.45, 7) is 1.94. The lowest BCUT2D eigenvalue weighted by molar-refractivity contribution is -0.190. The first-order valence-corrected chi connectivity index (χ1v) is 7.93. The molecule has 1 aliphatic heterocycles. The van der Waals surface area contributed by atoms with E-state index in [-0.39, 0.29) is 12.5 Å². The molecule has 0 aromatic heterocycles. The molecule has 0 unspecified atom stereocenters. The first-order valence-electron chi connectivity index (χ1n) is 7.93. The van der Waals surface area contributed by atoms with E-state index in [1.807, 2.05) is 61.5 Å². The number of alkyl halides is 3. The van der Waals surface area contributed by atoms with Crippen molar-refractivity contribution in [3.05, 3.63) is 60.2 Å². The van der Waals surface area contributed by atoms with Crippen molar-refractivity contribution in [3.8, 4) is 11.1 Å². The van der Waals surface area contributed by atoms with Gasteiger partial charge in [-0.3, -0.25) is 0 Å². The molecular formula is C19H20F3N. The average molecular weight is 319 g/mol. The van der Waals surface area contributed by atoms with Gasteiger partial charge in [0.2, 0.25) is 0 Å². The van der Waals surface area contributed by atoms with E-state index in [2.05, 4.69) is 5.32 Å². The van der Waals surface area contributed by atoms with Crippen molar-refractivity contribution in [2.45, 2.75) is 38.0 Å². The monoisotopic (exact) mass is 319 g/mol. The predicted octanol–water partition coefficient (Wildman–Crippen LogP) is 5.35. The van der Waals surface area contributed by atoms with Crippen LogP contribution in [0.2, 0.25) is 0 Å². The van der Waals surface area contributed by atoms with E-state index < -0.39 is 18.1 Å². The highest BCUT2D eigenvalue weighted by Gasteiger charge is 2.47. The minimum absolute atomic E-state index is 0.104. The Morgan fingerprint density at radius 3 is 2.09 bits per heavy atom.